The molecule has 0 fully saturated rings. The summed E-state index contributed by atoms with van der Waals surface area (Å²) < 4.78 is 37.6. The highest BCUT2D eigenvalue weighted by Crippen LogP contribution is 2.32. The number of quaternary nitrogens is 1. The molecule has 0 bridgehead atoms. The summed E-state index contributed by atoms with van der Waals surface area (Å²) in [4.78, 5) is 13.7. The summed E-state index contributed by atoms with van der Waals surface area (Å²) >= 11 is 0. The van der Waals surface area contributed by atoms with Crippen LogP contribution in [0, 0.1) is 0 Å². The zero-order chi connectivity index (χ0) is 20.6. The van der Waals surface area contributed by atoms with Gasteiger partial charge in [-0.3, -0.25) is 4.79 Å². The molecule has 1 amide bonds. The quantitative estimate of drug-likeness (QED) is 0.453. The molecule has 2 rings (SSSR count). The highest BCUT2D eigenvalue weighted by atomic mass is 32.2. The van der Waals surface area contributed by atoms with Gasteiger partial charge in [0.25, 0.3) is 5.91 Å². The third-order valence-corrected chi connectivity index (χ3v) is 6.34. The van der Waals surface area contributed by atoms with Gasteiger partial charge >= 0.3 is 0 Å². The fourth-order valence-corrected chi connectivity index (χ4v) is 4.34. The fraction of sp³-hybridized carbons (Fsp3) is 0.632. The second-order valence-electron chi connectivity index (χ2n) is 7.01. The van der Waals surface area contributed by atoms with E-state index in [2.05, 4.69) is 23.9 Å². The second-order valence-corrected chi connectivity index (χ2v) is 8.88. The highest BCUT2D eigenvalue weighted by molar-refractivity contribution is 7.89. The summed E-state index contributed by atoms with van der Waals surface area (Å²) in [6.45, 7) is 9.58. The van der Waals surface area contributed by atoms with Crippen LogP contribution in [0.25, 0.3) is 0 Å². The number of carbonyl (C=O) groups is 1. The number of ether oxygens (including phenoxy) is 2. The zero-order valence-corrected chi connectivity index (χ0v) is 17.7. The van der Waals surface area contributed by atoms with Crippen LogP contribution in [0.1, 0.15) is 44.0 Å². The van der Waals surface area contributed by atoms with Crippen molar-refractivity contribution in [3.63, 3.8) is 0 Å². The van der Waals surface area contributed by atoms with Gasteiger partial charge in [0.15, 0.2) is 11.5 Å². The molecule has 1 aliphatic rings. The lowest BCUT2D eigenvalue weighted by molar-refractivity contribution is -0.896. The van der Waals surface area contributed by atoms with Gasteiger partial charge in [-0.15, -0.1) is 0 Å². The molecule has 0 aliphatic carbocycles. The number of carbonyl (C=O) groups excluding carboxylic acids is 1. The van der Waals surface area contributed by atoms with Crippen molar-refractivity contribution in [2.75, 3.05) is 38.7 Å². The summed E-state index contributed by atoms with van der Waals surface area (Å²) in [5.41, 5.74) is 0.405. The minimum Gasteiger partial charge on any atom is -0.454 e. The number of amides is 1. The minimum atomic E-state index is -3.45. The number of hydrogen-bond donors (Lipinski definition) is 3. The van der Waals surface area contributed by atoms with E-state index in [9.17, 15) is 13.2 Å². The maximum absolute atomic E-state index is 12.2. The van der Waals surface area contributed by atoms with E-state index in [1.807, 2.05) is 6.92 Å². The number of rotatable bonds is 12. The Morgan fingerprint density at radius 2 is 1.93 bits per heavy atom. The highest BCUT2D eigenvalue weighted by Gasteiger charge is 2.18. The molecular weight excluding hydrogens is 382 g/mol. The summed E-state index contributed by atoms with van der Waals surface area (Å²) in [5, 5.41) is 2.63. The molecule has 0 radical (unpaired) electrons. The molecule has 1 atom stereocenters. The molecule has 8 nitrogen and oxygen atoms in total. The van der Waals surface area contributed by atoms with Gasteiger partial charge in [0.05, 0.1) is 25.4 Å². The zero-order valence-electron chi connectivity index (χ0n) is 16.9. The molecule has 9 heteroatoms. The van der Waals surface area contributed by atoms with Gasteiger partial charge in [0.2, 0.25) is 16.8 Å². The Kier molecular flexibility index (Phi) is 8.53. The van der Waals surface area contributed by atoms with Crippen molar-refractivity contribution in [1.29, 1.82) is 0 Å². The average Bonchev–Trinajstić information content (AvgIpc) is 3.12. The Labute approximate surface area is 167 Å². The largest absolute Gasteiger partial charge is 0.454 e. The van der Waals surface area contributed by atoms with Crippen molar-refractivity contribution in [2.45, 2.75) is 39.7 Å². The molecule has 0 spiro atoms. The topological polar surface area (TPSA) is 98.2 Å². The second kappa shape index (κ2) is 10.6. The minimum absolute atomic E-state index is 0.0406. The summed E-state index contributed by atoms with van der Waals surface area (Å²) in [6.07, 6.45) is 1.77. The Hall–Kier alpha value is -1.84. The van der Waals surface area contributed by atoms with E-state index in [0.717, 1.165) is 32.5 Å². The van der Waals surface area contributed by atoms with Crippen LogP contribution in [0.5, 0.6) is 11.5 Å². The predicted molar refractivity (Wildman–Crippen MR) is 107 cm³/mol. The SMILES string of the molecule is CC[NH+](CC)CCC[C@H](C)NS(=O)(=O)CCNC(=O)c1ccc2c(c1)OCO2. The predicted octanol–water partition coefficient (Wildman–Crippen LogP) is 0.158. The van der Waals surface area contributed by atoms with Crippen LogP contribution in [0.4, 0.5) is 0 Å². The molecule has 1 heterocycles. The molecular formula is C19H32N3O5S+. The molecule has 0 saturated carbocycles. The van der Waals surface area contributed by atoms with Crippen molar-refractivity contribution in [3.05, 3.63) is 23.8 Å². The van der Waals surface area contributed by atoms with E-state index < -0.39 is 10.0 Å². The molecule has 1 aliphatic heterocycles. The molecule has 28 heavy (non-hydrogen) atoms. The van der Waals surface area contributed by atoms with Gasteiger partial charge in [0.1, 0.15) is 0 Å². The van der Waals surface area contributed by atoms with Crippen LogP contribution < -0.4 is 24.4 Å². The molecule has 3 N–H and O–H groups in total. The van der Waals surface area contributed by atoms with E-state index in [0.29, 0.717) is 17.1 Å². The molecule has 0 aromatic heterocycles. The van der Waals surface area contributed by atoms with Crippen molar-refractivity contribution in [3.8, 4) is 11.5 Å². The van der Waals surface area contributed by atoms with Crippen LogP contribution >= 0.6 is 0 Å². The third kappa shape index (κ3) is 6.96. The van der Waals surface area contributed by atoms with Crippen molar-refractivity contribution in [2.24, 2.45) is 0 Å². The van der Waals surface area contributed by atoms with Gasteiger partial charge in [-0.1, -0.05) is 0 Å². The van der Waals surface area contributed by atoms with Crippen LogP contribution in [-0.2, 0) is 10.0 Å². The fourth-order valence-electron chi connectivity index (χ4n) is 3.12. The number of benzene rings is 1. The monoisotopic (exact) mass is 414 g/mol. The molecule has 1 aromatic carbocycles. The third-order valence-electron chi connectivity index (χ3n) is 4.84. The molecule has 158 valence electrons. The van der Waals surface area contributed by atoms with E-state index in [-0.39, 0.29) is 31.0 Å². The smallest absolute Gasteiger partial charge is 0.251 e. The average molecular weight is 415 g/mol. The van der Waals surface area contributed by atoms with Crippen molar-refractivity contribution < 1.29 is 27.6 Å². The van der Waals surface area contributed by atoms with E-state index >= 15 is 0 Å². The molecule has 1 aromatic rings. The lowest BCUT2D eigenvalue weighted by Gasteiger charge is -2.18. The van der Waals surface area contributed by atoms with Crippen LogP contribution in [-0.4, -0.2) is 59.1 Å². The first kappa shape index (κ1) is 22.4. The Bertz CT molecular complexity index is 750. The Morgan fingerprint density at radius 3 is 2.64 bits per heavy atom. The normalized spacial score (nSPS) is 14.3. The van der Waals surface area contributed by atoms with E-state index in [1.54, 1.807) is 18.2 Å². The van der Waals surface area contributed by atoms with E-state index in [1.165, 1.54) is 4.90 Å². The molecule has 0 unspecified atom stereocenters. The number of nitrogens with one attached hydrogen (secondary N) is 3. The summed E-state index contributed by atoms with van der Waals surface area (Å²) in [7, 11) is -3.45. The van der Waals surface area contributed by atoms with Crippen molar-refractivity contribution in [1.82, 2.24) is 10.0 Å². The first-order valence-electron chi connectivity index (χ1n) is 9.86. The van der Waals surface area contributed by atoms with Gasteiger partial charge in [-0.25, -0.2) is 13.1 Å². The lowest BCUT2D eigenvalue weighted by Crippen LogP contribution is -3.11. The summed E-state index contributed by atoms with van der Waals surface area (Å²) in [6, 6.07) is 4.75. The van der Waals surface area contributed by atoms with Crippen LogP contribution in [0.3, 0.4) is 0 Å². The maximum Gasteiger partial charge on any atom is 0.251 e. The van der Waals surface area contributed by atoms with E-state index in [4.69, 9.17) is 9.47 Å². The number of sulfonamides is 1. The number of fused-ring (bicyclic) bond motifs is 1. The lowest BCUT2D eigenvalue weighted by atomic mass is 10.2. The van der Waals surface area contributed by atoms with Gasteiger partial charge in [-0.05, 0) is 51.8 Å². The summed E-state index contributed by atoms with van der Waals surface area (Å²) in [5.74, 6) is 0.612. The standard InChI is InChI=1S/C19H31N3O5S/c1-4-22(5-2)11-6-7-15(3)21-28(24,25)12-10-20-19(23)16-8-9-17-18(13-16)27-14-26-17/h8-9,13,15,21H,4-7,10-12,14H2,1-3H3,(H,20,23)/p+1/t15-/m0/s1. The van der Waals surface area contributed by atoms with Gasteiger partial charge in [0, 0.05) is 18.2 Å². The van der Waals surface area contributed by atoms with Gasteiger partial charge < -0.3 is 19.7 Å². The van der Waals surface area contributed by atoms with Crippen molar-refractivity contribution >= 4 is 15.9 Å². The van der Waals surface area contributed by atoms with Crippen LogP contribution in [0.2, 0.25) is 0 Å². The van der Waals surface area contributed by atoms with Crippen LogP contribution in [0.15, 0.2) is 18.2 Å². The number of hydrogen-bond acceptors (Lipinski definition) is 5. The Morgan fingerprint density at radius 1 is 1.21 bits per heavy atom. The first-order chi connectivity index (χ1) is 13.3. The maximum atomic E-state index is 12.2. The molecule has 0 saturated heterocycles. The Balaban J connectivity index is 1.71. The first-order valence-corrected chi connectivity index (χ1v) is 11.5. The van der Waals surface area contributed by atoms with Gasteiger partial charge in [-0.2, -0.15) is 0 Å².